The number of hydrogen-bond acceptors (Lipinski definition) is 6. The summed E-state index contributed by atoms with van der Waals surface area (Å²) >= 11 is 0. The summed E-state index contributed by atoms with van der Waals surface area (Å²) in [6.45, 7) is 2.00. The van der Waals surface area contributed by atoms with E-state index in [0.29, 0.717) is 5.95 Å². The lowest BCUT2D eigenvalue weighted by Gasteiger charge is -2.23. The van der Waals surface area contributed by atoms with Gasteiger partial charge in [-0.25, -0.2) is 9.97 Å². The Bertz CT molecular complexity index is 878. The standard InChI is InChI=1S/C19H20N4O2/c24-15-3-1-2-14(10-15)22-19-21-12-13-4-5-17(11-18(13)23-19)25-16-6-8-20-9-7-16/h1-5,10-12,16,20,24H,6-9H2,(H,21,22,23). The number of fused-ring (bicyclic) bond motifs is 1. The number of anilines is 2. The lowest BCUT2D eigenvalue weighted by atomic mass is 10.1. The van der Waals surface area contributed by atoms with Gasteiger partial charge in [0.2, 0.25) is 5.95 Å². The van der Waals surface area contributed by atoms with Gasteiger partial charge >= 0.3 is 0 Å². The number of hydrogen-bond donors (Lipinski definition) is 3. The van der Waals surface area contributed by atoms with Crippen LogP contribution in [0.4, 0.5) is 11.6 Å². The van der Waals surface area contributed by atoms with Crippen molar-refractivity contribution in [1.29, 1.82) is 0 Å². The number of piperidine rings is 1. The first-order valence-corrected chi connectivity index (χ1v) is 8.46. The summed E-state index contributed by atoms with van der Waals surface area (Å²) in [5.41, 5.74) is 1.56. The highest BCUT2D eigenvalue weighted by atomic mass is 16.5. The molecular weight excluding hydrogens is 316 g/mol. The highest BCUT2D eigenvalue weighted by Gasteiger charge is 2.14. The van der Waals surface area contributed by atoms with Crippen LogP contribution in [0.5, 0.6) is 11.5 Å². The molecule has 0 radical (unpaired) electrons. The van der Waals surface area contributed by atoms with Crippen LogP contribution in [0, 0.1) is 0 Å². The zero-order valence-electron chi connectivity index (χ0n) is 13.8. The Morgan fingerprint density at radius 1 is 1.12 bits per heavy atom. The van der Waals surface area contributed by atoms with Crippen molar-refractivity contribution in [2.24, 2.45) is 0 Å². The smallest absolute Gasteiger partial charge is 0.227 e. The van der Waals surface area contributed by atoms with E-state index in [1.165, 1.54) is 0 Å². The fourth-order valence-corrected chi connectivity index (χ4v) is 2.96. The summed E-state index contributed by atoms with van der Waals surface area (Å²) < 4.78 is 6.08. The molecule has 0 unspecified atom stereocenters. The van der Waals surface area contributed by atoms with Crippen LogP contribution in [-0.4, -0.2) is 34.3 Å². The van der Waals surface area contributed by atoms with Crippen molar-refractivity contribution in [2.75, 3.05) is 18.4 Å². The molecule has 6 nitrogen and oxygen atoms in total. The second-order valence-corrected chi connectivity index (χ2v) is 6.16. The van der Waals surface area contributed by atoms with Gasteiger partial charge in [-0.1, -0.05) is 6.07 Å². The third-order valence-corrected chi connectivity index (χ3v) is 4.25. The molecule has 4 rings (SSSR count). The Labute approximate surface area is 145 Å². The molecule has 3 N–H and O–H groups in total. The number of aromatic nitrogens is 2. The lowest BCUT2D eigenvalue weighted by Crippen LogP contribution is -2.34. The maximum Gasteiger partial charge on any atom is 0.227 e. The Balaban J connectivity index is 1.55. The van der Waals surface area contributed by atoms with Gasteiger partial charge < -0.3 is 20.5 Å². The number of aromatic hydroxyl groups is 1. The van der Waals surface area contributed by atoms with E-state index >= 15 is 0 Å². The average Bonchev–Trinajstić information content (AvgIpc) is 2.62. The van der Waals surface area contributed by atoms with E-state index in [9.17, 15) is 5.11 Å². The van der Waals surface area contributed by atoms with Crippen molar-refractivity contribution >= 4 is 22.5 Å². The van der Waals surface area contributed by atoms with Crippen LogP contribution in [0.2, 0.25) is 0 Å². The van der Waals surface area contributed by atoms with Crippen molar-refractivity contribution in [2.45, 2.75) is 18.9 Å². The average molecular weight is 336 g/mol. The van der Waals surface area contributed by atoms with E-state index in [0.717, 1.165) is 48.3 Å². The SMILES string of the molecule is Oc1cccc(Nc2ncc3ccc(OC4CCNCC4)cc3n2)c1. The number of benzene rings is 2. The molecule has 0 spiro atoms. The maximum atomic E-state index is 9.55. The molecule has 1 fully saturated rings. The van der Waals surface area contributed by atoms with Crippen molar-refractivity contribution in [3.8, 4) is 11.5 Å². The van der Waals surface area contributed by atoms with Gasteiger partial charge in [0, 0.05) is 29.4 Å². The fourth-order valence-electron chi connectivity index (χ4n) is 2.96. The molecule has 0 saturated carbocycles. The van der Waals surface area contributed by atoms with Crippen LogP contribution in [0.1, 0.15) is 12.8 Å². The molecule has 1 aromatic heterocycles. The molecule has 1 saturated heterocycles. The van der Waals surface area contributed by atoms with Crippen LogP contribution in [0.15, 0.2) is 48.7 Å². The van der Waals surface area contributed by atoms with E-state index in [1.807, 2.05) is 24.3 Å². The molecule has 2 heterocycles. The monoisotopic (exact) mass is 336 g/mol. The maximum absolute atomic E-state index is 9.55. The van der Waals surface area contributed by atoms with Crippen LogP contribution in [0.25, 0.3) is 10.9 Å². The molecule has 1 aliphatic rings. The third-order valence-electron chi connectivity index (χ3n) is 4.25. The van der Waals surface area contributed by atoms with Crippen molar-refractivity contribution in [3.63, 3.8) is 0 Å². The summed E-state index contributed by atoms with van der Waals surface area (Å²) in [5.74, 6) is 1.52. The first kappa shape index (κ1) is 15.7. The van der Waals surface area contributed by atoms with Gasteiger partial charge in [0.25, 0.3) is 0 Å². The van der Waals surface area contributed by atoms with E-state index < -0.39 is 0 Å². The van der Waals surface area contributed by atoms with Crippen molar-refractivity contribution in [3.05, 3.63) is 48.7 Å². The molecule has 0 aliphatic carbocycles. The number of phenols is 1. The quantitative estimate of drug-likeness (QED) is 0.679. The second-order valence-electron chi connectivity index (χ2n) is 6.16. The highest BCUT2D eigenvalue weighted by Crippen LogP contribution is 2.24. The van der Waals surface area contributed by atoms with E-state index in [1.54, 1.807) is 24.4 Å². The van der Waals surface area contributed by atoms with Crippen LogP contribution in [0.3, 0.4) is 0 Å². The fraction of sp³-hybridized carbons (Fsp3) is 0.263. The van der Waals surface area contributed by atoms with Gasteiger partial charge in [-0.15, -0.1) is 0 Å². The minimum absolute atomic E-state index is 0.198. The summed E-state index contributed by atoms with van der Waals surface area (Å²) in [4.78, 5) is 8.88. The van der Waals surface area contributed by atoms with Crippen LogP contribution >= 0.6 is 0 Å². The molecule has 0 atom stereocenters. The van der Waals surface area contributed by atoms with Crippen LogP contribution < -0.4 is 15.4 Å². The first-order chi connectivity index (χ1) is 12.3. The summed E-state index contributed by atoms with van der Waals surface area (Å²) in [7, 11) is 0. The summed E-state index contributed by atoms with van der Waals surface area (Å²) in [6, 6.07) is 12.8. The molecule has 1 aliphatic heterocycles. The molecule has 0 bridgehead atoms. The van der Waals surface area contributed by atoms with E-state index in [4.69, 9.17) is 4.74 Å². The molecule has 25 heavy (non-hydrogen) atoms. The van der Waals surface area contributed by atoms with Gasteiger partial charge in [-0.3, -0.25) is 0 Å². The van der Waals surface area contributed by atoms with Gasteiger partial charge in [-0.05, 0) is 50.2 Å². The van der Waals surface area contributed by atoms with Gasteiger partial charge in [0.05, 0.1) is 5.52 Å². The Morgan fingerprint density at radius 2 is 2.00 bits per heavy atom. The van der Waals surface area contributed by atoms with Gasteiger partial charge in [-0.2, -0.15) is 0 Å². The molecule has 3 aromatic rings. The predicted octanol–water partition coefficient (Wildman–Crippen LogP) is 3.21. The number of nitrogens with one attached hydrogen (secondary N) is 2. The minimum atomic E-state index is 0.198. The molecule has 2 aromatic carbocycles. The largest absolute Gasteiger partial charge is 0.508 e. The number of ether oxygens (including phenoxy) is 1. The van der Waals surface area contributed by atoms with Gasteiger partial charge in [0.1, 0.15) is 17.6 Å². The normalized spacial score (nSPS) is 15.2. The number of phenolic OH excluding ortho intramolecular Hbond substituents is 1. The van der Waals surface area contributed by atoms with Crippen molar-refractivity contribution in [1.82, 2.24) is 15.3 Å². The van der Waals surface area contributed by atoms with Gasteiger partial charge in [0.15, 0.2) is 0 Å². The third kappa shape index (κ3) is 3.80. The number of nitrogens with zero attached hydrogens (tertiary/aromatic N) is 2. The topological polar surface area (TPSA) is 79.3 Å². The molecular formula is C19H20N4O2. The summed E-state index contributed by atoms with van der Waals surface area (Å²) in [6.07, 6.45) is 4.07. The molecule has 128 valence electrons. The second kappa shape index (κ2) is 6.94. The first-order valence-electron chi connectivity index (χ1n) is 8.46. The Hall–Kier alpha value is -2.86. The molecule has 6 heteroatoms. The van der Waals surface area contributed by atoms with Crippen LogP contribution in [-0.2, 0) is 0 Å². The number of rotatable bonds is 4. The molecule has 0 amide bonds. The minimum Gasteiger partial charge on any atom is -0.508 e. The van der Waals surface area contributed by atoms with E-state index in [2.05, 4.69) is 20.6 Å². The zero-order valence-corrected chi connectivity index (χ0v) is 13.8. The summed E-state index contributed by atoms with van der Waals surface area (Å²) in [5, 5.41) is 17.0. The Kier molecular flexibility index (Phi) is 4.35. The zero-order chi connectivity index (χ0) is 17.1. The highest BCUT2D eigenvalue weighted by molar-refractivity contribution is 5.80. The predicted molar refractivity (Wildman–Crippen MR) is 97.4 cm³/mol. The Morgan fingerprint density at radius 3 is 2.84 bits per heavy atom. The lowest BCUT2D eigenvalue weighted by molar-refractivity contribution is 0.162. The van der Waals surface area contributed by atoms with E-state index in [-0.39, 0.29) is 11.9 Å². The van der Waals surface area contributed by atoms with Crippen molar-refractivity contribution < 1.29 is 9.84 Å².